The van der Waals surface area contributed by atoms with Crippen LogP contribution >= 0.6 is 0 Å². The van der Waals surface area contributed by atoms with Crippen molar-refractivity contribution in [1.29, 1.82) is 0 Å². The lowest BCUT2D eigenvalue weighted by Crippen LogP contribution is -1.96. The minimum absolute atomic E-state index is 0.559. The maximum absolute atomic E-state index is 11.0. The van der Waals surface area contributed by atoms with E-state index in [1.54, 1.807) is 12.1 Å². The second kappa shape index (κ2) is 5.94. The summed E-state index contributed by atoms with van der Waals surface area (Å²) in [5, 5.41) is 0. The Morgan fingerprint density at radius 2 is 2.00 bits per heavy atom. The van der Waals surface area contributed by atoms with Crippen molar-refractivity contribution in [2.24, 2.45) is 0 Å². The Kier molecular flexibility index (Phi) is 4.84. The van der Waals surface area contributed by atoms with Crippen molar-refractivity contribution >= 4 is 11.1 Å². The molecule has 0 saturated carbocycles. The summed E-state index contributed by atoms with van der Waals surface area (Å²) >= 11 is -1.85. The molecule has 0 amide bonds. The Labute approximate surface area is 87.6 Å². The Balaban J connectivity index is 2.69. The third-order valence-corrected chi connectivity index (χ3v) is 2.98. The van der Waals surface area contributed by atoms with Gasteiger partial charge in [0.15, 0.2) is 11.1 Å². The fourth-order valence-electron chi connectivity index (χ4n) is 1.45. The van der Waals surface area contributed by atoms with E-state index in [0.29, 0.717) is 4.90 Å². The van der Waals surface area contributed by atoms with Crippen molar-refractivity contribution in [3.63, 3.8) is 0 Å². The van der Waals surface area contributed by atoms with E-state index in [1.807, 2.05) is 12.1 Å². The average molecular weight is 212 g/mol. The molecule has 1 aromatic rings. The van der Waals surface area contributed by atoms with Crippen LogP contribution in [-0.2, 0) is 17.5 Å². The van der Waals surface area contributed by atoms with Crippen LogP contribution in [0.15, 0.2) is 29.2 Å². The summed E-state index contributed by atoms with van der Waals surface area (Å²) < 4.78 is 20.0. The van der Waals surface area contributed by atoms with Gasteiger partial charge in [-0.2, -0.15) is 0 Å². The van der Waals surface area contributed by atoms with Gasteiger partial charge in [-0.15, -0.1) is 0 Å². The van der Waals surface area contributed by atoms with Gasteiger partial charge in [0.25, 0.3) is 0 Å². The van der Waals surface area contributed by atoms with Crippen LogP contribution in [0.3, 0.4) is 0 Å². The maximum Gasteiger partial charge on any atom is 0.186 e. The lowest BCUT2D eigenvalue weighted by Gasteiger charge is -2.04. The largest absolute Gasteiger partial charge is 0.302 e. The number of rotatable bonds is 5. The molecule has 0 heterocycles. The van der Waals surface area contributed by atoms with Gasteiger partial charge in [-0.3, -0.25) is 0 Å². The maximum atomic E-state index is 11.0. The minimum atomic E-state index is -1.85. The van der Waals surface area contributed by atoms with E-state index in [4.69, 9.17) is 4.55 Å². The number of unbranched alkanes of at least 4 members (excludes halogenated alkanes) is 2. The normalized spacial score (nSPS) is 12.7. The van der Waals surface area contributed by atoms with Crippen LogP contribution < -0.4 is 0 Å². The molecule has 1 aromatic carbocycles. The van der Waals surface area contributed by atoms with Gasteiger partial charge in [0.05, 0.1) is 4.90 Å². The van der Waals surface area contributed by atoms with Crippen LogP contribution in [-0.4, -0.2) is 8.76 Å². The molecule has 0 radical (unpaired) electrons. The van der Waals surface area contributed by atoms with Crippen LogP contribution in [0.25, 0.3) is 0 Å². The first-order chi connectivity index (χ1) is 6.75. The van der Waals surface area contributed by atoms with Gasteiger partial charge in [-0.1, -0.05) is 38.0 Å². The summed E-state index contributed by atoms with van der Waals surface area (Å²) in [4.78, 5) is 0.559. The number of hydrogen-bond acceptors (Lipinski definition) is 1. The third-order valence-electron chi connectivity index (χ3n) is 2.21. The Morgan fingerprint density at radius 3 is 2.64 bits per heavy atom. The van der Waals surface area contributed by atoms with E-state index in [0.717, 1.165) is 18.4 Å². The van der Waals surface area contributed by atoms with Gasteiger partial charge in [0.2, 0.25) is 0 Å². The number of aryl methyl sites for hydroxylation is 1. The highest BCUT2D eigenvalue weighted by Gasteiger charge is 2.05. The van der Waals surface area contributed by atoms with Gasteiger partial charge in [-0.05, 0) is 24.5 Å². The van der Waals surface area contributed by atoms with Crippen LogP contribution in [0.4, 0.5) is 0 Å². The van der Waals surface area contributed by atoms with E-state index >= 15 is 0 Å². The molecule has 1 rings (SSSR count). The Bertz CT molecular complexity index is 310. The summed E-state index contributed by atoms with van der Waals surface area (Å²) in [5.74, 6) is 0. The van der Waals surface area contributed by atoms with Gasteiger partial charge in [0, 0.05) is 0 Å². The smallest absolute Gasteiger partial charge is 0.186 e. The van der Waals surface area contributed by atoms with Crippen LogP contribution in [0.1, 0.15) is 31.7 Å². The number of benzene rings is 1. The molecule has 2 nitrogen and oxygen atoms in total. The molecule has 0 spiro atoms. The van der Waals surface area contributed by atoms with Crippen LogP contribution in [0.5, 0.6) is 0 Å². The SMILES string of the molecule is CCCCCc1ccccc1S(=O)O. The summed E-state index contributed by atoms with van der Waals surface area (Å²) in [6.07, 6.45) is 4.33. The summed E-state index contributed by atoms with van der Waals surface area (Å²) in [6, 6.07) is 7.36. The van der Waals surface area contributed by atoms with Gasteiger partial charge in [0.1, 0.15) is 0 Å². The lowest BCUT2D eigenvalue weighted by molar-refractivity contribution is 0.562. The zero-order valence-electron chi connectivity index (χ0n) is 8.40. The lowest BCUT2D eigenvalue weighted by atomic mass is 10.1. The zero-order valence-corrected chi connectivity index (χ0v) is 9.22. The highest BCUT2D eigenvalue weighted by atomic mass is 32.2. The quantitative estimate of drug-likeness (QED) is 0.601. The standard InChI is InChI=1S/C11H16O2S/c1-2-3-4-7-10-8-5-6-9-11(10)14(12)13/h5-6,8-9H,2-4,7H2,1H3,(H,12,13). The number of hydrogen-bond donors (Lipinski definition) is 1. The highest BCUT2D eigenvalue weighted by Crippen LogP contribution is 2.15. The van der Waals surface area contributed by atoms with Crippen molar-refractivity contribution in [1.82, 2.24) is 0 Å². The van der Waals surface area contributed by atoms with E-state index in [1.165, 1.54) is 12.8 Å². The predicted octanol–water partition coefficient (Wildman–Crippen LogP) is 3.00. The molecule has 1 N–H and O–H groups in total. The van der Waals surface area contributed by atoms with E-state index in [2.05, 4.69) is 6.92 Å². The average Bonchev–Trinajstić information content (AvgIpc) is 2.19. The van der Waals surface area contributed by atoms with Crippen LogP contribution in [0.2, 0.25) is 0 Å². The van der Waals surface area contributed by atoms with E-state index in [-0.39, 0.29) is 0 Å². The summed E-state index contributed by atoms with van der Waals surface area (Å²) in [6.45, 7) is 2.15. The minimum Gasteiger partial charge on any atom is -0.302 e. The fourth-order valence-corrected chi connectivity index (χ4v) is 2.04. The highest BCUT2D eigenvalue weighted by molar-refractivity contribution is 7.79. The molecule has 1 unspecified atom stereocenters. The molecular weight excluding hydrogens is 196 g/mol. The second-order valence-electron chi connectivity index (χ2n) is 3.31. The van der Waals surface area contributed by atoms with Crippen molar-refractivity contribution in [2.75, 3.05) is 0 Å². The Morgan fingerprint density at radius 1 is 1.29 bits per heavy atom. The monoisotopic (exact) mass is 212 g/mol. The molecule has 0 fully saturated rings. The predicted molar refractivity (Wildman–Crippen MR) is 58.7 cm³/mol. The topological polar surface area (TPSA) is 37.3 Å². The van der Waals surface area contributed by atoms with Crippen LogP contribution in [0, 0.1) is 0 Å². The molecular formula is C11H16O2S. The van der Waals surface area contributed by atoms with Crippen molar-refractivity contribution < 1.29 is 8.76 Å². The second-order valence-corrected chi connectivity index (χ2v) is 4.25. The summed E-state index contributed by atoms with van der Waals surface area (Å²) in [7, 11) is 0. The molecule has 0 bridgehead atoms. The van der Waals surface area contributed by atoms with E-state index in [9.17, 15) is 4.21 Å². The van der Waals surface area contributed by atoms with Gasteiger partial charge in [-0.25, -0.2) is 4.21 Å². The van der Waals surface area contributed by atoms with Gasteiger partial charge < -0.3 is 4.55 Å². The zero-order chi connectivity index (χ0) is 10.4. The molecule has 0 aliphatic carbocycles. The first-order valence-corrected chi connectivity index (χ1v) is 6.05. The van der Waals surface area contributed by atoms with Gasteiger partial charge >= 0.3 is 0 Å². The summed E-state index contributed by atoms with van der Waals surface area (Å²) in [5.41, 5.74) is 1.00. The molecule has 1 atom stereocenters. The molecule has 78 valence electrons. The Hall–Kier alpha value is -0.670. The molecule has 0 aliphatic heterocycles. The first kappa shape index (κ1) is 11.4. The fraction of sp³-hybridized carbons (Fsp3) is 0.455. The third kappa shape index (κ3) is 3.24. The molecule has 0 aromatic heterocycles. The van der Waals surface area contributed by atoms with Crippen molar-refractivity contribution in [3.05, 3.63) is 29.8 Å². The molecule has 0 saturated heterocycles. The molecule has 0 aliphatic rings. The molecule has 14 heavy (non-hydrogen) atoms. The van der Waals surface area contributed by atoms with E-state index < -0.39 is 11.1 Å². The van der Waals surface area contributed by atoms with Crippen molar-refractivity contribution in [2.45, 2.75) is 37.5 Å². The first-order valence-electron chi connectivity index (χ1n) is 4.94. The van der Waals surface area contributed by atoms with Crippen molar-refractivity contribution in [3.8, 4) is 0 Å². The molecule has 3 heteroatoms.